The summed E-state index contributed by atoms with van der Waals surface area (Å²) < 4.78 is 0. The highest BCUT2D eigenvalue weighted by atomic mass is 14.9. The lowest BCUT2D eigenvalue weighted by Crippen LogP contribution is -2.03. The summed E-state index contributed by atoms with van der Waals surface area (Å²) in [6, 6.07) is 0. The van der Waals surface area contributed by atoms with Gasteiger partial charge < -0.3 is 5.73 Å². The number of nitrogens with zero attached hydrogens (tertiary/aromatic N) is 2. The molecule has 0 atom stereocenters. The van der Waals surface area contributed by atoms with Gasteiger partial charge in [-0.3, -0.25) is 4.98 Å². The maximum atomic E-state index is 5.63. The standard InChI is InChI=1S/C8H13N3/c1-4-7-8(9)11-6(3)5(2)10-7/h4H2,1-3H3,(H2,9,11). The van der Waals surface area contributed by atoms with Crippen molar-refractivity contribution in [2.75, 3.05) is 5.73 Å². The van der Waals surface area contributed by atoms with Gasteiger partial charge in [-0.15, -0.1) is 0 Å². The molecule has 60 valence electrons. The molecule has 0 fully saturated rings. The Morgan fingerprint density at radius 1 is 1.18 bits per heavy atom. The Balaban J connectivity index is 3.21. The molecule has 3 heteroatoms. The minimum atomic E-state index is 0.565. The zero-order valence-corrected chi connectivity index (χ0v) is 7.18. The minimum absolute atomic E-state index is 0.565. The van der Waals surface area contributed by atoms with Crippen LogP contribution in [0.3, 0.4) is 0 Å². The number of aromatic nitrogens is 2. The highest BCUT2D eigenvalue weighted by Crippen LogP contribution is 2.09. The lowest BCUT2D eigenvalue weighted by molar-refractivity contribution is 0.950. The summed E-state index contributed by atoms with van der Waals surface area (Å²) >= 11 is 0. The molecule has 11 heavy (non-hydrogen) atoms. The predicted octanol–water partition coefficient (Wildman–Crippen LogP) is 1.24. The lowest BCUT2D eigenvalue weighted by atomic mass is 10.3. The van der Waals surface area contributed by atoms with Gasteiger partial charge in [0.2, 0.25) is 0 Å². The minimum Gasteiger partial charge on any atom is -0.382 e. The molecule has 1 heterocycles. The van der Waals surface area contributed by atoms with E-state index in [0.29, 0.717) is 5.82 Å². The second kappa shape index (κ2) is 2.86. The van der Waals surface area contributed by atoms with Crippen molar-refractivity contribution in [3.05, 3.63) is 17.1 Å². The molecule has 0 aliphatic rings. The Morgan fingerprint density at radius 2 is 1.73 bits per heavy atom. The Labute approximate surface area is 66.7 Å². The topological polar surface area (TPSA) is 51.8 Å². The van der Waals surface area contributed by atoms with Gasteiger partial charge in [0.15, 0.2) is 0 Å². The maximum absolute atomic E-state index is 5.63. The molecule has 2 N–H and O–H groups in total. The molecule has 0 spiro atoms. The molecule has 0 saturated heterocycles. The fourth-order valence-electron chi connectivity index (χ4n) is 0.927. The molecule has 0 aliphatic carbocycles. The van der Waals surface area contributed by atoms with Gasteiger partial charge in [0.25, 0.3) is 0 Å². The van der Waals surface area contributed by atoms with Crippen molar-refractivity contribution in [3.63, 3.8) is 0 Å². The Kier molecular flexibility index (Phi) is 2.08. The molecule has 0 aromatic carbocycles. The number of anilines is 1. The van der Waals surface area contributed by atoms with Gasteiger partial charge in [0.05, 0.1) is 17.1 Å². The van der Waals surface area contributed by atoms with Crippen molar-refractivity contribution in [1.82, 2.24) is 9.97 Å². The first-order valence-electron chi connectivity index (χ1n) is 3.74. The quantitative estimate of drug-likeness (QED) is 0.657. The first-order valence-corrected chi connectivity index (χ1v) is 3.74. The van der Waals surface area contributed by atoms with Crippen molar-refractivity contribution in [2.45, 2.75) is 27.2 Å². The molecule has 0 unspecified atom stereocenters. The van der Waals surface area contributed by atoms with Crippen LogP contribution in [-0.4, -0.2) is 9.97 Å². The molecule has 0 bridgehead atoms. The van der Waals surface area contributed by atoms with Crippen molar-refractivity contribution in [2.24, 2.45) is 0 Å². The van der Waals surface area contributed by atoms with Crippen LogP contribution < -0.4 is 5.73 Å². The van der Waals surface area contributed by atoms with Gasteiger partial charge in [0, 0.05) is 0 Å². The highest BCUT2D eigenvalue weighted by molar-refractivity contribution is 5.36. The van der Waals surface area contributed by atoms with Crippen molar-refractivity contribution >= 4 is 5.82 Å². The van der Waals surface area contributed by atoms with Crippen LogP contribution in [0.5, 0.6) is 0 Å². The predicted molar refractivity (Wildman–Crippen MR) is 45.3 cm³/mol. The maximum Gasteiger partial charge on any atom is 0.145 e. The summed E-state index contributed by atoms with van der Waals surface area (Å²) in [4.78, 5) is 8.46. The normalized spacial score (nSPS) is 10.1. The van der Waals surface area contributed by atoms with Crippen LogP contribution in [0.25, 0.3) is 0 Å². The molecule has 3 nitrogen and oxygen atoms in total. The van der Waals surface area contributed by atoms with E-state index < -0.39 is 0 Å². The van der Waals surface area contributed by atoms with Crippen LogP contribution in [0.4, 0.5) is 5.82 Å². The van der Waals surface area contributed by atoms with Gasteiger partial charge in [-0.05, 0) is 20.3 Å². The summed E-state index contributed by atoms with van der Waals surface area (Å²) in [6.45, 7) is 5.88. The van der Waals surface area contributed by atoms with E-state index in [4.69, 9.17) is 5.73 Å². The van der Waals surface area contributed by atoms with E-state index in [-0.39, 0.29) is 0 Å². The number of nitrogens with two attached hydrogens (primary N) is 1. The molecule has 0 radical (unpaired) electrons. The van der Waals surface area contributed by atoms with Gasteiger partial charge >= 0.3 is 0 Å². The fraction of sp³-hybridized carbons (Fsp3) is 0.500. The van der Waals surface area contributed by atoms with Gasteiger partial charge in [-0.2, -0.15) is 0 Å². The number of rotatable bonds is 1. The molecular weight excluding hydrogens is 138 g/mol. The van der Waals surface area contributed by atoms with E-state index in [1.165, 1.54) is 0 Å². The molecular formula is C8H13N3. The average molecular weight is 151 g/mol. The third kappa shape index (κ3) is 1.48. The fourth-order valence-corrected chi connectivity index (χ4v) is 0.927. The van der Waals surface area contributed by atoms with E-state index in [1.807, 2.05) is 20.8 Å². The molecule has 1 aromatic rings. The van der Waals surface area contributed by atoms with Crippen LogP contribution in [0, 0.1) is 13.8 Å². The summed E-state index contributed by atoms with van der Waals surface area (Å²) in [5, 5.41) is 0. The van der Waals surface area contributed by atoms with Crippen molar-refractivity contribution in [1.29, 1.82) is 0 Å². The second-order valence-corrected chi connectivity index (χ2v) is 2.58. The Bertz CT molecular complexity index is 268. The van der Waals surface area contributed by atoms with Crippen LogP contribution in [0.2, 0.25) is 0 Å². The molecule has 0 aliphatic heterocycles. The Morgan fingerprint density at radius 3 is 2.27 bits per heavy atom. The summed E-state index contributed by atoms with van der Waals surface area (Å²) in [5.74, 6) is 0.565. The number of nitrogen functional groups attached to an aromatic ring is 1. The number of hydrogen-bond donors (Lipinski definition) is 1. The van der Waals surface area contributed by atoms with Crippen molar-refractivity contribution < 1.29 is 0 Å². The first-order chi connectivity index (χ1) is 5.15. The first kappa shape index (κ1) is 7.98. The van der Waals surface area contributed by atoms with Gasteiger partial charge in [0.1, 0.15) is 5.82 Å². The molecule has 0 amide bonds. The average Bonchev–Trinajstić information content (AvgIpc) is 1.97. The van der Waals surface area contributed by atoms with E-state index >= 15 is 0 Å². The third-order valence-corrected chi connectivity index (χ3v) is 1.74. The SMILES string of the molecule is CCc1nc(C)c(C)nc1N. The zero-order valence-electron chi connectivity index (χ0n) is 7.18. The number of hydrogen-bond acceptors (Lipinski definition) is 3. The van der Waals surface area contributed by atoms with E-state index in [0.717, 1.165) is 23.5 Å². The van der Waals surface area contributed by atoms with Crippen LogP contribution >= 0.6 is 0 Å². The highest BCUT2D eigenvalue weighted by Gasteiger charge is 2.02. The summed E-state index contributed by atoms with van der Waals surface area (Å²) in [7, 11) is 0. The zero-order chi connectivity index (χ0) is 8.43. The van der Waals surface area contributed by atoms with Gasteiger partial charge in [-0.25, -0.2) is 4.98 Å². The lowest BCUT2D eigenvalue weighted by Gasteiger charge is -2.04. The van der Waals surface area contributed by atoms with Gasteiger partial charge in [-0.1, -0.05) is 6.92 Å². The molecule has 0 saturated carbocycles. The van der Waals surface area contributed by atoms with E-state index in [2.05, 4.69) is 9.97 Å². The smallest absolute Gasteiger partial charge is 0.145 e. The summed E-state index contributed by atoms with van der Waals surface area (Å²) in [5.41, 5.74) is 8.41. The monoisotopic (exact) mass is 151 g/mol. The van der Waals surface area contributed by atoms with E-state index in [1.54, 1.807) is 0 Å². The number of aryl methyl sites for hydroxylation is 3. The molecule has 1 aromatic heterocycles. The van der Waals surface area contributed by atoms with Crippen molar-refractivity contribution in [3.8, 4) is 0 Å². The van der Waals surface area contributed by atoms with Crippen LogP contribution in [-0.2, 0) is 6.42 Å². The molecule has 1 rings (SSSR count). The van der Waals surface area contributed by atoms with Crippen LogP contribution in [0.1, 0.15) is 24.0 Å². The van der Waals surface area contributed by atoms with E-state index in [9.17, 15) is 0 Å². The Hall–Kier alpha value is -1.12. The van der Waals surface area contributed by atoms with Crippen LogP contribution in [0.15, 0.2) is 0 Å². The third-order valence-electron chi connectivity index (χ3n) is 1.74. The summed E-state index contributed by atoms with van der Waals surface area (Å²) in [6.07, 6.45) is 0.847. The largest absolute Gasteiger partial charge is 0.382 e. The second-order valence-electron chi connectivity index (χ2n) is 2.58.